The molecule has 0 fully saturated rings. The van der Waals surface area contributed by atoms with Gasteiger partial charge in [0.1, 0.15) is 5.75 Å². The lowest BCUT2D eigenvalue weighted by molar-refractivity contribution is -0.130. The van der Waals surface area contributed by atoms with Gasteiger partial charge in [0.2, 0.25) is 5.91 Å². The number of para-hydroxylation sites is 1. The van der Waals surface area contributed by atoms with Crippen molar-refractivity contribution in [3.05, 3.63) is 59.4 Å². The zero-order valence-electron chi connectivity index (χ0n) is 14.7. The quantitative estimate of drug-likeness (QED) is 0.744. The number of amides is 2. The van der Waals surface area contributed by atoms with Gasteiger partial charge in [-0.05, 0) is 43.2 Å². The van der Waals surface area contributed by atoms with Crippen LogP contribution in [0.25, 0.3) is 0 Å². The van der Waals surface area contributed by atoms with Crippen molar-refractivity contribution in [1.82, 2.24) is 10.9 Å². The number of benzene rings is 2. The van der Waals surface area contributed by atoms with E-state index in [1.165, 1.54) is 12.1 Å². The number of aryl methyl sites for hydroxylation is 2. The first kappa shape index (κ1) is 19.2. The largest absolute Gasteiger partial charge is 0.490 e. The average molecular weight is 360 g/mol. The molecule has 138 valence electrons. The Hall–Kier alpha value is -3.09. The van der Waals surface area contributed by atoms with Gasteiger partial charge in [0.25, 0.3) is 5.91 Å². The minimum atomic E-state index is -0.496. The number of hydrogen-bond acceptors (Lipinski definition) is 4. The zero-order valence-corrected chi connectivity index (χ0v) is 14.7. The predicted molar refractivity (Wildman–Crippen MR) is 94.2 cm³/mol. The molecule has 0 aliphatic rings. The van der Waals surface area contributed by atoms with E-state index in [2.05, 4.69) is 10.9 Å². The van der Waals surface area contributed by atoms with Gasteiger partial charge in [0.15, 0.2) is 18.2 Å². The summed E-state index contributed by atoms with van der Waals surface area (Å²) in [5.74, 6) is -0.753. The molecular weight excluding hydrogens is 339 g/mol. The molecule has 0 saturated heterocycles. The van der Waals surface area contributed by atoms with E-state index in [9.17, 15) is 14.0 Å². The van der Waals surface area contributed by atoms with Gasteiger partial charge in [-0.2, -0.15) is 0 Å². The van der Waals surface area contributed by atoms with Gasteiger partial charge in [0.05, 0.1) is 13.0 Å². The molecule has 0 bridgehead atoms. The van der Waals surface area contributed by atoms with Crippen molar-refractivity contribution >= 4 is 11.8 Å². The Bertz CT molecular complexity index is 780. The highest BCUT2D eigenvalue weighted by atomic mass is 19.1. The molecule has 2 aromatic rings. The normalized spacial score (nSPS) is 10.1. The highest BCUT2D eigenvalue weighted by Gasteiger charge is 2.08. The lowest BCUT2D eigenvalue weighted by Crippen LogP contribution is -2.44. The molecule has 2 N–H and O–H groups in total. The lowest BCUT2D eigenvalue weighted by Gasteiger charge is -2.11. The van der Waals surface area contributed by atoms with Crippen LogP contribution in [0.1, 0.15) is 17.5 Å². The minimum Gasteiger partial charge on any atom is -0.490 e. The van der Waals surface area contributed by atoms with Crippen molar-refractivity contribution in [1.29, 1.82) is 0 Å². The van der Waals surface area contributed by atoms with E-state index in [4.69, 9.17) is 9.47 Å². The molecule has 0 unspecified atom stereocenters. The molecule has 2 rings (SSSR count). The van der Waals surface area contributed by atoms with Crippen LogP contribution in [-0.4, -0.2) is 25.0 Å². The van der Waals surface area contributed by atoms with Crippen LogP contribution in [0.2, 0.25) is 0 Å². The highest BCUT2D eigenvalue weighted by Crippen LogP contribution is 2.18. The van der Waals surface area contributed by atoms with Gasteiger partial charge in [-0.15, -0.1) is 0 Å². The fraction of sp³-hybridized carbons (Fsp3) is 0.263. The monoisotopic (exact) mass is 360 g/mol. The molecule has 0 atom stereocenters. The van der Waals surface area contributed by atoms with Gasteiger partial charge in [-0.3, -0.25) is 20.4 Å². The second-order valence-corrected chi connectivity index (χ2v) is 5.68. The summed E-state index contributed by atoms with van der Waals surface area (Å²) in [4.78, 5) is 23.4. The Balaban J connectivity index is 1.66. The number of halogens is 1. The molecule has 0 saturated carbocycles. The fourth-order valence-corrected chi connectivity index (χ4v) is 2.06. The van der Waals surface area contributed by atoms with Crippen molar-refractivity contribution in [2.75, 3.05) is 13.2 Å². The van der Waals surface area contributed by atoms with E-state index in [1.54, 1.807) is 12.1 Å². The summed E-state index contributed by atoms with van der Waals surface area (Å²) in [5.41, 5.74) is 6.44. The van der Waals surface area contributed by atoms with Gasteiger partial charge in [-0.25, -0.2) is 4.39 Å². The fourth-order valence-electron chi connectivity index (χ4n) is 2.06. The Morgan fingerprint density at radius 3 is 2.46 bits per heavy atom. The summed E-state index contributed by atoms with van der Waals surface area (Å²) >= 11 is 0. The van der Waals surface area contributed by atoms with Crippen LogP contribution >= 0.6 is 0 Å². The maximum Gasteiger partial charge on any atom is 0.276 e. The van der Waals surface area contributed by atoms with E-state index in [0.29, 0.717) is 5.75 Å². The molecule has 0 aliphatic carbocycles. The number of rotatable bonds is 7. The van der Waals surface area contributed by atoms with Crippen LogP contribution in [0.15, 0.2) is 42.5 Å². The van der Waals surface area contributed by atoms with Crippen LogP contribution in [0.3, 0.4) is 0 Å². The van der Waals surface area contributed by atoms with Crippen LogP contribution in [0.5, 0.6) is 11.5 Å². The second-order valence-electron chi connectivity index (χ2n) is 5.68. The van der Waals surface area contributed by atoms with Crippen molar-refractivity contribution in [3.63, 3.8) is 0 Å². The third-order valence-electron chi connectivity index (χ3n) is 3.47. The number of hydrazine groups is 1. The molecule has 2 aromatic carbocycles. The Kier molecular flexibility index (Phi) is 6.96. The predicted octanol–water partition coefficient (Wildman–Crippen LogP) is 2.44. The van der Waals surface area contributed by atoms with Gasteiger partial charge >= 0.3 is 0 Å². The maximum atomic E-state index is 13.3. The van der Waals surface area contributed by atoms with Gasteiger partial charge in [0, 0.05) is 0 Å². The first-order valence-corrected chi connectivity index (χ1v) is 8.11. The number of hydrogen-bond donors (Lipinski definition) is 2. The number of carbonyl (C=O) groups excluding carboxylic acids is 2. The lowest BCUT2D eigenvalue weighted by atomic mass is 10.1. The molecule has 0 aliphatic heterocycles. The molecule has 6 nitrogen and oxygen atoms in total. The smallest absolute Gasteiger partial charge is 0.276 e. The summed E-state index contributed by atoms with van der Waals surface area (Å²) in [6, 6.07) is 11.6. The van der Waals surface area contributed by atoms with E-state index in [-0.39, 0.29) is 25.4 Å². The van der Waals surface area contributed by atoms with E-state index >= 15 is 0 Å². The van der Waals surface area contributed by atoms with Crippen LogP contribution < -0.4 is 20.3 Å². The third-order valence-corrected chi connectivity index (χ3v) is 3.47. The first-order valence-electron chi connectivity index (χ1n) is 8.11. The topological polar surface area (TPSA) is 76.7 Å². The Morgan fingerprint density at radius 2 is 1.69 bits per heavy atom. The van der Waals surface area contributed by atoms with Gasteiger partial charge in [-0.1, -0.05) is 24.3 Å². The maximum absolute atomic E-state index is 13.3. The molecule has 0 heterocycles. The Labute approximate surface area is 151 Å². The van der Waals surface area contributed by atoms with Crippen molar-refractivity contribution in [3.8, 4) is 11.5 Å². The SMILES string of the molecule is Cc1ccc(C)c(OCC(=O)NNC(=O)CCOc2ccccc2F)c1. The third kappa shape index (κ3) is 6.08. The van der Waals surface area contributed by atoms with E-state index < -0.39 is 17.6 Å². The molecule has 0 spiro atoms. The summed E-state index contributed by atoms with van der Waals surface area (Å²) in [6.07, 6.45) is -0.0353. The number of carbonyl (C=O) groups is 2. The summed E-state index contributed by atoms with van der Waals surface area (Å²) in [6.45, 7) is 3.57. The first-order chi connectivity index (χ1) is 12.5. The molecule has 2 amide bonds. The van der Waals surface area contributed by atoms with Crippen LogP contribution in [0.4, 0.5) is 4.39 Å². The average Bonchev–Trinajstić information content (AvgIpc) is 2.62. The van der Waals surface area contributed by atoms with Crippen molar-refractivity contribution in [2.24, 2.45) is 0 Å². The number of ether oxygens (including phenoxy) is 2. The van der Waals surface area contributed by atoms with Crippen LogP contribution in [0, 0.1) is 19.7 Å². The zero-order chi connectivity index (χ0) is 18.9. The van der Waals surface area contributed by atoms with E-state index in [1.807, 2.05) is 32.0 Å². The standard InChI is InChI=1S/C19H21FN2O4/c1-13-7-8-14(2)17(11-13)26-12-19(24)22-21-18(23)9-10-25-16-6-4-3-5-15(16)20/h3-8,11H,9-10,12H2,1-2H3,(H,21,23)(H,22,24). The molecule has 26 heavy (non-hydrogen) atoms. The van der Waals surface area contributed by atoms with Crippen LogP contribution in [-0.2, 0) is 9.59 Å². The summed E-state index contributed by atoms with van der Waals surface area (Å²) in [7, 11) is 0. The molecule has 7 heteroatoms. The number of nitrogens with one attached hydrogen (secondary N) is 2. The second kappa shape index (κ2) is 9.41. The van der Waals surface area contributed by atoms with Gasteiger partial charge < -0.3 is 9.47 Å². The van der Waals surface area contributed by atoms with Crippen molar-refractivity contribution < 1.29 is 23.5 Å². The summed E-state index contributed by atoms with van der Waals surface area (Å²) < 4.78 is 24.0. The van der Waals surface area contributed by atoms with E-state index in [0.717, 1.165) is 11.1 Å². The Morgan fingerprint density at radius 1 is 0.962 bits per heavy atom. The molecule has 0 radical (unpaired) electrons. The molecular formula is C19H21FN2O4. The summed E-state index contributed by atoms with van der Waals surface area (Å²) in [5, 5.41) is 0. The highest BCUT2D eigenvalue weighted by molar-refractivity contribution is 5.82. The minimum absolute atomic E-state index is 0.0123. The van der Waals surface area contributed by atoms with Crippen molar-refractivity contribution in [2.45, 2.75) is 20.3 Å². The molecule has 0 aromatic heterocycles.